The van der Waals surface area contributed by atoms with Crippen LogP contribution in [0.5, 0.6) is 5.88 Å². The fraction of sp³-hybridized carbons (Fsp3) is 0.308. The number of hydrogen-bond donors (Lipinski definition) is 1. The number of ether oxygens (including phenoxy) is 1. The summed E-state index contributed by atoms with van der Waals surface area (Å²) in [6.45, 7) is 1.05. The number of halogens is 3. The smallest absolute Gasteiger partial charge is 0.416 e. The van der Waals surface area contributed by atoms with Crippen LogP contribution in [0.15, 0.2) is 35.4 Å². The van der Waals surface area contributed by atoms with Crippen molar-refractivity contribution >= 4 is 15.7 Å². The lowest BCUT2D eigenvalue weighted by molar-refractivity contribution is -0.137. The number of aryl methyl sites for hydroxylation is 1. The molecule has 23 heavy (non-hydrogen) atoms. The maximum atomic E-state index is 12.5. The van der Waals surface area contributed by atoms with Crippen LogP contribution in [0.3, 0.4) is 0 Å². The number of benzene rings is 1. The van der Waals surface area contributed by atoms with E-state index in [2.05, 4.69) is 9.82 Å². The van der Waals surface area contributed by atoms with Crippen LogP contribution in [-0.2, 0) is 22.7 Å². The number of aromatic nitrogens is 2. The molecule has 1 aliphatic rings. The first-order valence-corrected chi connectivity index (χ1v) is 8.14. The highest BCUT2D eigenvalue weighted by Gasteiger charge is 2.31. The minimum absolute atomic E-state index is 0.157. The molecule has 0 spiro atoms. The second-order valence-electron chi connectivity index (χ2n) is 4.92. The van der Waals surface area contributed by atoms with E-state index in [9.17, 15) is 21.6 Å². The molecule has 0 atom stereocenters. The average Bonchev–Trinajstić information content (AvgIpc) is 2.89. The second-order valence-corrected chi connectivity index (χ2v) is 6.60. The molecular formula is C13H12F3N3O3S. The van der Waals surface area contributed by atoms with Gasteiger partial charge in [0.2, 0.25) is 5.88 Å². The largest absolute Gasteiger partial charge is 0.476 e. The summed E-state index contributed by atoms with van der Waals surface area (Å²) in [6, 6.07) is 3.25. The minimum atomic E-state index is -4.52. The van der Waals surface area contributed by atoms with Gasteiger partial charge in [-0.1, -0.05) is 0 Å². The molecule has 0 aliphatic carbocycles. The fourth-order valence-electron chi connectivity index (χ4n) is 2.17. The first-order chi connectivity index (χ1) is 10.8. The molecule has 1 aromatic carbocycles. The van der Waals surface area contributed by atoms with E-state index in [0.717, 1.165) is 30.7 Å². The highest BCUT2D eigenvalue weighted by atomic mass is 32.2. The topological polar surface area (TPSA) is 73.2 Å². The molecule has 124 valence electrons. The molecule has 6 nitrogen and oxygen atoms in total. The summed E-state index contributed by atoms with van der Waals surface area (Å²) in [7, 11) is -4.03. The molecule has 1 aromatic heterocycles. The van der Waals surface area contributed by atoms with Gasteiger partial charge in [-0.3, -0.25) is 4.72 Å². The Morgan fingerprint density at radius 1 is 1.22 bits per heavy atom. The van der Waals surface area contributed by atoms with E-state index in [1.807, 2.05) is 0 Å². The molecule has 0 fully saturated rings. The lowest BCUT2D eigenvalue weighted by Gasteiger charge is -2.16. The van der Waals surface area contributed by atoms with Crippen molar-refractivity contribution in [3.8, 4) is 5.88 Å². The van der Waals surface area contributed by atoms with Crippen LogP contribution in [0.25, 0.3) is 0 Å². The van der Waals surface area contributed by atoms with E-state index < -0.39 is 21.8 Å². The second kappa shape index (κ2) is 5.44. The highest BCUT2D eigenvalue weighted by Crippen LogP contribution is 2.31. The van der Waals surface area contributed by atoms with E-state index in [1.54, 1.807) is 0 Å². The number of anilines is 1. The van der Waals surface area contributed by atoms with Gasteiger partial charge >= 0.3 is 6.18 Å². The van der Waals surface area contributed by atoms with Gasteiger partial charge in [-0.2, -0.15) is 18.3 Å². The van der Waals surface area contributed by atoms with Crippen molar-refractivity contribution < 1.29 is 26.3 Å². The minimum Gasteiger partial charge on any atom is -0.476 e. The lowest BCUT2D eigenvalue weighted by atomic mass is 10.2. The zero-order valence-electron chi connectivity index (χ0n) is 11.7. The Labute approximate surface area is 129 Å². The van der Waals surface area contributed by atoms with Crippen molar-refractivity contribution in [3.63, 3.8) is 0 Å². The molecule has 1 N–H and O–H groups in total. The number of nitrogens with one attached hydrogen (secondary N) is 1. The third-order valence-corrected chi connectivity index (χ3v) is 4.66. The third-order valence-electron chi connectivity index (χ3n) is 3.28. The third kappa shape index (κ3) is 3.11. The van der Waals surface area contributed by atoms with Crippen molar-refractivity contribution in [2.24, 2.45) is 0 Å². The van der Waals surface area contributed by atoms with Crippen molar-refractivity contribution in [2.75, 3.05) is 11.3 Å². The lowest BCUT2D eigenvalue weighted by Crippen LogP contribution is -2.17. The molecule has 0 radical (unpaired) electrons. The normalized spacial score (nSPS) is 14.9. The molecular weight excluding hydrogens is 335 g/mol. The Hall–Kier alpha value is -2.23. The molecule has 10 heteroatoms. The summed E-state index contributed by atoms with van der Waals surface area (Å²) < 4.78 is 71.2. The predicted molar refractivity (Wildman–Crippen MR) is 74.6 cm³/mol. The summed E-state index contributed by atoms with van der Waals surface area (Å²) in [5.74, 6) is 0.298. The molecule has 0 unspecified atom stereocenters. The van der Waals surface area contributed by atoms with Crippen molar-refractivity contribution in [1.29, 1.82) is 0 Å². The molecule has 0 bridgehead atoms. The van der Waals surface area contributed by atoms with Gasteiger partial charge in [0.15, 0.2) is 0 Å². The van der Waals surface area contributed by atoms with Crippen LogP contribution >= 0.6 is 0 Å². The Kier molecular flexibility index (Phi) is 3.71. The van der Waals surface area contributed by atoms with E-state index in [4.69, 9.17) is 4.74 Å². The number of hydrogen-bond acceptors (Lipinski definition) is 4. The van der Waals surface area contributed by atoms with Gasteiger partial charge in [0.1, 0.15) is 5.69 Å². The maximum absolute atomic E-state index is 12.5. The van der Waals surface area contributed by atoms with Crippen molar-refractivity contribution in [2.45, 2.75) is 24.0 Å². The molecule has 0 saturated carbocycles. The van der Waals surface area contributed by atoms with Crippen LogP contribution < -0.4 is 9.46 Å². The number of nitrogens with zero attached hydrogens (tertiary/aromatic N) is 2. The van der Waals surface area contributed by atoms with Gasteiger partial charge in [-0.05, 0) is 24.3 Å². The summed E-state index contributed by atoms with van der Waals surface area (Å²) >= 11 is 0. The number of alkyl halides is 3. The van der Waals surface area contributed by atoms with E-state index in [1.165, 1.54) is 10.9 Å². The Bertz CT molecular complexity index is 813. The van der Waals surface area contributed by atoms with Crippen LogP contribution in [0.2, 0.25) is 0 Å². The summed E-state index contributed by atoms with van der Waals surface area (Å²) in [6.07, 6.45) is -2.45. The number of fused-ring (bicyclic) bond motifs is 1. The SMILES string of the molecule is O=S(=O)(Nc1cnn2c1OCCC2)c1ccc(C(F)(F)F)cc1. The van der Waals surface area contributed by atoms with Crippen LogP contribution in [-0.4, -0.2) is 24.8 Å². The molecule has 1 aliphatic heterocycles. The van der Waals surface area contributed by atoms with Gasteiger partial charge in [-0.25, -0.2) is 13.1 Å². The Morgan fingerprint density at radius 3 is 2.57 bits per heavy atom. The van der Waals surface area contributed by atoms with Crippen molar-refractivity contribution in [3.05, 3.63) is 36.0 Å². The van der Waals surface area contributed by atoms with E-state index in [0.29, 0.717) is 19.0 Å². The van der Waals surface area contributed by atoms with Gasteiger partial charge in [-0.15, -0.1) is 0 Å². The zero-order chi connectivity index (χ0) is 16.7. The predicted octanol–water partition coefficient (Wildman–Crippen LogP) is 2.49. The standard InChI is InChI=1S/C13H12F3N3O3S/c14-13(15,16)9-2-4-10(5-3-9)23(20,21)18-11-8-17-19-6-1-7-22-12(11)19/h2-5,8,18H,1,6-7H2. The monoisotopic (exact) mass is 347 g/mol. The van der Waals surface area contributed by atoms with E-state index in [-0.39, 0.29) is 10.6 Å². The first kappa shape index (κ1) is 15.7. The van der Waals surface area contributed by atoms with Crippen LogP contribution in [0.4, 0.5) is 18.9 Å². The van der Waals surface area contributed by atoms with Crippen molar-refractivity contribution in [1.82, 2.24) is 9.78 Å². The van der Waals surface area contributed by atoms with Crippen LogP contribution in [0.1, 0.15) is 12.0 Å². The Morgan fingerprint density at radius 2 is 1.91 bits per heavy atom. The van der Waals surface area contributed by atoms with Gasteiger partial charge < -0.3 is 4.74 Å². The summed E-state index contributed by atoms with van der Waals surface area (Å²) in [5, 5.41) is 4.00. The summed E-state index contributed by atoms with van der Waals surface area (Å²) in [4.78, 5) is -0.277. The number of rotatable bonds is 3. The molecule has 3 rings (SSSR count). The molecule has 2 heterocycles. The molecule has 0 amide bonds. The number of sulfonamides is 1. The maximum Gasteiger partial charge on any atom is 0.416 e. The highest BCUT2D eigenvalue weighted by molar-refractivity contribution is 7.92. The van der Waals surface area contributed by atoms with E-state index >= 15 is 0 Å². The van der Waals surface area contributed by atoms with Gasteiger partial charge in [0.05, 0.1) is 23.3 Å². The molecule has 0 saturated heterocycles. The average molecular weight is 347 g/mol. The molecule has 2 aromatic rings. The van der Waals surface area contributed by atoms with Gasteiger partial charge in [0, 0.05) is 13.0 Å². The zero-order valence-corrected chi connectivity index (χ0v) is 12.5. The quantitative estimate of drug-likeness (QED) is 0.926. The van der Waals surface area contributed by atoms with Gasteiger partial charge in [0.25, 0.3) is 10.0 Å². The van der Waals surface area contributed by atoms with Crippen LogP contribution in [0, 0.1) is 0 Å². The Balaban J connectivity index is 1.86. The summed E-state index contributed by atoms with van der Waals surface area (Å²) in [5.41, 5.74) is -0.757. The first-order valence-electron chi connectivity index (χ1n) is 6.66. The fourth-order valence-corrected chi connectivity index (χ4v) is 3.21.